The number of carbonyl (C=O) groups is 1. The second-order valence-electron chi connectivity index (χ2n) is 6.20. The van der Waals surface area contributed by atoms with Gasteiger partial charge >= 0.3 is 0 Å². The van der Waals surface area contributed by atoms with Crippen LogP contribution in [-0.4, -0.2) is 24.2 Å². The first-order valence-electron chi connectivity index (χ1n) is 8.52. The zero-order valence-corrected chi connectivity index (χ0v) is 14.5. The number of nitrogens with one attached hydrogen (secondary N) is 1. The summed E-state index contributed by atoms with van der Waals surface area (Å²) in [7, 11) is 1.46. The molecule has 0 heterocycles. The Bertz CT molecular complexity index is 710. The average molecular weight is 340 g/mol. The van der Waals surface area contributed by atoms with Crippen LogP contribution >= 0.6 is 0 Å². The number of phenolic OH excluding ortho intramolecular Hbond substituents is 1. The Morgan fingerprint density at radius 1 is 1.44 bits per heavy atom. The molecule has 1 fully saturated rings. The highest BCUT2D eigenvalue weighted by Crippen LogP contribution is 2.32. The van der Waals surface area contributed by atoms with E-state index in [9.17, 15) is 15.2 Å². The molecule has 2 N–H and O–H groups in total. The number of rotatable bonds is 6. The third kappa shape index (κ3) is 4.87. The highest BCUT2D eigenvalue weighted by molar-refractivity contribution is 6.01. The van der Waals surface area contributed by atoms with Crippen molar-refractivity contribution in [3.8, 4) is 17.6 Å². The summed E-state index contributed by atoms with van der Waals surface area (Å²) in [6.07, 6.45) is 8.98. The van der Waals surface area contributed by atoms with E-state index < -0.39 is 0 Å². The van der Waals surface area contributed by atoms with Gasteiger partial charge in [-0.25, -0.2) is 0 Å². The van der Waals surface area contributed by atoms with Crippen LogP contribution in [0.4, 0.5) is 0 Å². The first kappa shape index (κ1) is 18.6. The second kappa shape index (κ2) is 8.93. The van der Waals surface area contributed by atoms with Crippen molar-refractivity contribution in [2.24, 2.45) is 0 Å². The van der Waals surface area contributed by atoms with Crippen molar-refractivity contribution in [3.05, 3.63) is 41.5 Å². The molecular formula is C20H24N2O3. The summed E-state index contributed by atoms with van der Waals surface area (Å²) in [5, 5.41) is 22.4. The Hall–Kier alpha value is -2.74. The Kier molecular flexibility index (Phi) is 6.64. The Morgan fingerprint density at radius 3 is 2.76 bits per heavy atom. The molecule has 5 heteroatoms. The minimum atomic E-state index is -0.355. The number of allylic oxidation sites excluding steroid dienone is 1. The van der Waals surface area contributed by atoms with E-state index in [0.29, 0.717) is 23.3 Å². The topological polar surface area (TPSA) is 82.4 Å². The maximum atomic E-state index is 12.4. The van der Waals surface area contributed by atoms with E-state index >= 15 is 0 Å². The van der Waals surface area contributed by atoms with Crippen molar-refractivity contribution in [2.75, 3.05) is 7.11 Å². The largest absolute Gasteiger partial charge is 0.504 e. The number of nitrogens with zero attached hydrogens (tertiary/aromatic N) is 1. The Balaban J connectivity index is 2.25. The van der Waals surface area contributed by atoms with Gasteiger partial charge in [0.2, 0.25) is 0 Å². The minimum Gasteiger partial charge on any atom is -0.504 e. The predicted octanol–water partition coefficient (Wildman–Crippen LogP) is 3.49. The molecule has 1 aromatic carbocycles. The van der Waals surface area contributed by atoms with Crippen LogP contribution in [0.2, 0.25) is 0 Å². The van der Waals surface area contributed by atoms with Gasteiger partial charge in [0.1, 0.15) is 11.6 Å². The summed E-state index contributed by atoms with van der Waals surface area (Å²) in [4.78, 5) is 12.4. The number of carbonyl (C=O) groups excluding carboxylic acids is 1. The van der Waals surface area contributed by atoms with Gasteiger partial charge in [0, 0.05) is 11.6 Å². The van der Waals surface area contributed by atoms with Gasteiger partial charge in [-0.15, -0.1) is 6.58 Å². The number of ether oxygens (including phenoxy) is 1. The fourth-order valence-electron chi connectivity index (χ4n) is 3.06. The maximum Gasteiger partial charge on any atom is 0.262 e. The highest BCUT2D eigenvalue weighted by Gasteiger charge is 2.18. The van der Waals surface area contributed by atoms with Crippen LogP contribution in [-0.2, 0) is 11.2 Å². The van der Waals surface area contributed by atoms with Crippen LogP contribution in [0.25, 0.3) is 6.08 Å². The molecule has 1 saturated carbocycles. The lowest BCUT2D eigenvalue weighted by Gasteiger charge is -2.22. The molecule has 1 amide bonds. The molecule has 0 radical (unpaired) electrons. The van der Waals surface area contributed by atoms with Crippen LogP contribution in [0.1, 0.15) is 43.2 Å². The van der Waals surface area contributed by atoms with Crippen molar-refractivity contribution in [1.29, 1.82) is 5.26 Å². The minimum absolute atomic E-state index is 0.0443. The van der Waals surface area contributed by atoms with E-state index in [4.69, 9.17) is 4.74 Å². The standard InChI is InChI=1S/C20H24N2O3/c1-3-7-15-10-14(12-18(25-2)19(15)23)11-16(13-21)20(24)22-17-8-5-4-6-9-17/h3,10-12,17,23H,1,4-9H2,2H3,(H,22,24). The molecule has 0 spiro atoms. The second-order valence-corrected chi connectivity index (χ2v) is 6.20. The molecule has 0 atom stereocenters. The molecule has 0 unspecified atom stereocenters. The molecule has 1 aromatic rings. The molecule has 5 nitrogen and oxygen atoms in total. The van der Waals surface area contributed by atoms with Crippen LogP contribution < -0.4 is 10.1 Å². The van der Waals surface area contributed by atoms with E-state index in [-0.39, 0.29) is 23.3 Å². The summed E-state index contributed by atoms with van der Waals surface area (Å²) in [5.41, 5.74) is 1.30. The number of methoxy groups -OCH3 is 1. The lowest BCUT2D eigenvalue weighted by Crippen LogP contribution is -2.36. The quantitative estimate of drug-likeness (QED) is 0.472. The molecule has 25 heavy (non-hydrogen) atoms. The predicted molar refractivity (Wildman–Crippen MR) is 97.2 cm³/mol. The number of aromatic hydroxyl groups is 1. The van der Waals surface area contributed by atoms with Crippen molar-refractivity contribution in [3.63, 3.8) is 0 Å². The number of benzene rings is 1. The zero-order valence-electron chi connectivity index (χ0n) is 14.5. The van der Waals surface area contributed by atoms with Gasteiger partial charge in [0.15, 0.2) is 11.5 Å². The van der Waals surface area contributed by atoms with Crippen molar-refractivity contribution in [2.45, 2.75) is 44.6 Å². The van der Waals surface area contributed by atoms with Crippen molar-refractivity contribution in [1.82, 2.24) is 5.32 Å². The molecule has 0 saturated heterocycles. The van der Waals surface area contributed by atoms with Gasteiger partial charge in [0.05, 0.1) is 7.11 Å². The Morgan fingerprint density at radius 2 is 2.16 bits per heavy atom. The normalized spacial score (nSPS) is 15.3. The summed E-state index contributed by atoms with van der Waals surface area (Å²) >= 11 is 0. The number of hydrogen-bond acceptors (Lipinski definition) is 4. The van der Waals surface area contributed by atoms with E-state index in [1.807, 2.05) is 6.07 Å². The molecule has 132 valence electrons. The van der Waals surface area contributed by atoms with Gasteiger partial charge in [-0.3, -0.25) is 4.79 Å². The maximum absolute atomic E-state index is 12.4. The third-order valence-corrected chi connectivity index (χ3v) is 4.38. The molecular weight excluding hydrogens is 316 g/mol. The van der Waals surface area contributed by atoms with Gasteiger partial charge < -0.3 is 15.2 Å². The van der Waals surface area contributed by atoms with Crippen molar-refractivity contribution >= 4 is 12.0 Å². The fourth-order valence-corrected chi connectivity index (χ4v) is 3.06. The number of amides is 1. The summed E-state index contributed by atoms with van der Waals surface area (Å²) < 4.78 is 5.17. The van der Waals surface area contributed by atoms with Crippen molar-refractivity contribution < 1.29 is 14.6 Å². The van der Waals surface area contributed by atoms with Crippen LogP contribution in [0.15, 0.2) is 30.4 Å². The van der Waals surface area contributed by atoms with E-state index in [1.54, 1.807) is 18.2 Å². The number of nitriles is 1. The molecule has 0 bridgehead atoms. The van der Waals surface area contributed by atoms with Gasteiger partial charge in [-0.2, -0.15) is 5.26 Å². The fraction of sp³-hybridized carbons (Fsp3) is 0.400. The lowest BCUT2D eigenvalue weighted by atomic mass is 9.95. The molecule has 1 aliphatic rings. The van der Waals surface area contributed by atoms with E-state index in [2.05, 4.69) is 11.9 Å². The smallest absolute Gasteiger partial charge is 0.262 e. The molecule has 0 aromatic heterocycles. The number of phenols is 1. The average Bonchev–Trinajstić information content (AvgIpc) is 2.62. The van der Waals surface area contributed by atoms with E-state index in [0.717, 1.165) is 25.7 Å². The highest BCUT2D eigenvalue weighted by atomic mass is 16.5. The Labute approximate surface area is 148 Å². The third-order valence-electron chi connectivity index (χ3n) is 4.38. The summed E-state index contributed by atoms with van der Waals surface area (Å²) in [6, 6.07) is 5.44. The van der Waals surface area contributed by atoms with Crippen LogP contribution in [0.3, 0.4) is 0 Å². The lowest BCUT2D eigenvalue weighted by molar-refractivity contribution is -0.117. The first-order valence-corrected chi connectivity index (χ1v) is 8.52. The monoisotopic (exact) mass is 340 g/mol. The van der Waals surface area contributed by atoms with Gasteiger partial charge in [-0.05, 0) is 43.0 Å². The zero-order chi connectivity index (χ0) is 18.2. The summed E-state index contributed by atoms with van der Waals surface area (Å²) in [6.45, 7) is 3.67. The van der Waals surface area contributed by atoms with E-state index in [1.165, 1.54) is 19.6 Å². The van der Waals surface area contributed by atoms with Gasteiger partial charge in [-0.1, -0.05) is 25.3 Å². The van der Waals surface area contributed by atoms with Crippen LogP contribution in [0.5, 0.6) is 11.5 Å². The summed E-state index contributed by atoms with van der Waals surface area (Å²) in [5.74, 6) is -0.00740. The SMILES string of the molecule is C=CCc1cc(C=C(C#N)C(=O)NC2CCCCC2)cc(OC)c1O. The molecule has 2 rings (SSSR count). The molecule has 0 aliphatic heterocycles. The first-order chi connectivity index (χ1) is 12.1. The van der Waals surface area contributed by atoms with Crippen LogP contribution in [0, 0.1) is 11.3 Å². The molecule has 1 aliphatic carbocycles. The van der Waals surface area contributed by atoms with Gasteiger partial charge in [0.25, 0.3) is 5.91 Å². The number of hydrogen-bond donors (Lipinski definition) is 2.